The summed E-state index contributed by atoms with van der Waals surface area (Å²) in [6, 6.07) is 13.6. The van der Waals surface area contributed by atoms with E-state index in [1.165, 1.54) is 22.8 Å². The zero-order valence-corrected chi connectivity index (χ0v) is 12.7. The maximum atomic E-state index is 13.6. The second kappa shape index (κ2) is 5.98. The first-order valence-electron chi connectivity index (χ1n) is 7.69. The maximum absolute atomic E-state index is 13.6. The maximum Gasteiger partial charge on any atom is 0.123 e. The Morgan fingerprint density at radius 1 is 1.05 bits per heavy atom. The molecule has 0 aliphatic carbocycles. The van der Waals surface area contributed by atoms with Crippen molar-refractivity contribution < 1.29 is 4.39 Å². The van der Waals surface area contributed by atoms with Crippen LogP contribution in [0, 0.1) is 19.7 Å². The fourth-order valence-corrected chi connectivity index (χ4v) is 3.49. The molecule has 0 aromatic heterocycles. The van der Waals surface area contributed by atoms with E-state index in [1.807, 2.05) is 6.07 Å². The fourth-order valence-electron chi connectivity index (χ4n) is 3.49. The lowest BCUT2D eigenvalue weighted by atomic mass is 9.75. The van der Waals surface area contributed by atoms with Crippen LogP contribution in [0.3, 0.4) is 0 Å². The second-order valence-corrected chi connectivity index (χ2v) is 6.05. The normalized spacial score (nSPS) is 22.2. The van der Waals surface area contributed by atoms with Gasteiger partial charge in [-0.2, -0.15) is 0 Å². The summed E-state index contributed by atoms with van der Waals surface area (Å²) in [4.78, 5) is 0. The van der Waals surface area contributed by atoms with Crippen LogP contribution in [0.5, 0.6) is 0 Å². The van der Waals surface area contributed by atoms with E-state index in [-0.39, 0.29) is 5.82 Å². The van der Waals surface area contributed by atoms with Gasteiger partial charge in [-0.05, 0) is 67.1 Å². The van der Waals surface area contributed by atoms with Crippen molar-refractivity contribution in [3.05, 3.63) is 70.5 Å². The zero-order valence-electron chi connectivity index (χ0n) is 12.7. The summed E-state index contributed by atoms with van der Waals surface area (Å²) < 4.78 is 13.6. The Morgan fingerprint density at radius 2 is 1.86 bits per heavy atom. The molecule has 0 spiro atoms. The summed E-state index contributed by atoms with van der Waals surface area (Å²) in [5.41, 5.74) is 5.24. The van der Waals surface area contributed by atoms with E-state index in [1.54, 1.807) is 6.07 Å². The standard InChI is InChI=1S/C19H22FN/c1-13-5-3-8-17(14(13)2)18-9-10-21-12-19(18)15-6-4-7-16(20)11-15/h3-8,11,18-19,21H,9-10,12H2,1-2H3. The number of rotatable bonds is 2. The minimum absolute atomic E-state index is 0.141. The summed E-state index contributed by atoms with van der Waals surface area (Å²) in [5, 5.41) is 3.46. The lowest BCUT2D eigenvalue weighted by Gasteiger charge is -2.34. The number of hydrogen-bond donors (Lipinski definition) is 1. The van der Waals surface area contributed by atoms with Crippen molar-refractivity contribution in [1.29, 1.82) is 0 Å². The molecule has 1 aliphatic heterocycles. The number of piperidine rings is 1. The highest BCUT2D eigenvalue weighted by Gasteiger charge is 2.29. The molecule has 2 aromatic carbocycles. The highest BCUT2D eigenvalue weighted by Crippen LogP contribution is 2.39. The topological polar surface area (TPSA) is 12.0 Å². The third kappa shape index (κ3) is 2.86. The van der Waals surface area contributed by atoms with Gasteiger partial charge in [0.2, 0.25) is 0 Å². The first-order valence-corrected chi connectivity index (χ1v) is 7.69. The molecule has 21 heavy (non-hydrogen) atoms. The van der Waals surface area contributed by atoms with Crippen LogP contribution in [0.15, 0.2) is 42.5 Å². The Bertz CT molecular complexity index is 635. The molecule has 1 fully saturated rings. The SMILES string of the molecule is Cc1cccc(C2CCNCC2c2cccc(F)c2)c1C. The first-order chi connectivity index (χ1) is 10.2. The molecule has 2 aromatic rings. The largest absolute Gasteiger partial charge is 0.316 e. The quantitative estimate of drug-likeness (QED) is 0.866. The predicted molar refractivity (Wildman–Crippen MR) is 85.3 cm³/mol. The number of hydrogen-bond acceptors (Lipinski definition) is 1. The van der Waals surface area contributed by atoms with Crippen molar-refractivity contribution in [3.8, 4) is 0 Å². The number of nitrogens with one attached hydrogen (secondary N) is 1. The summed E-state index contributed by atoms with van der Waals surface area (Å²) in [7, 11) is 0. The molecule has 2 heteroatoms. The molecule has 2 unspecified atom stereocenters. The van der Waals surface area contributed by atoms with Gasteiger partial charge in [-0.25, -0.2) is 4.39 Å². The molecule has 0 saturated carbocycles. The van der Waals surface area contributed by atoms with E-state index in [4.69, 9.17) is 0 Å². The number of benzene rings is 2. The summed E-state index contributed by atoms with van der Waals surface area (Å²) >= 11 is 0. The summed E-state index contributed by atoms with van der Waals surface area (Å²) in [6.07, 6.45) is 1.10. The molecule has 0 bridgehead atoms. The van der Waals surface area contributed by atoms with Crippen LogP contribution in [-0.4, -0.2) is 13.1 Å². The van der Waals surface area contributed by atoms with Crippen molar-refractivity contribution in [2.24, 2.45) is 0 Å². The van der Waals surface area contributed by atoms with Crippen LogP contribution in [0.4, 0.5) is 4.39 Å². The Labute approximate surface area is 126 Å². The molecular formula is C19H22FN. The molecule has 1 N–H and O–H groups in total. The van der Waals surface area contributed by atoms with Gasteiger partial charge < -0.3 is 5.32 Å². The van der Waals surface area contributed by atoms with E-state index in [2.05, 4.69) is 43.4 Å². The van der Waals surface area contributed by atoms with Crippen molar-refractivity contribution in [1.82, 2.24) is 5.32 Å². The van der Waals surface area contributed by atoms with Gasteiger partial charge in [0, 0.05) is 12.5 Å². The predicted octanol–water partition coefficient (Wildman–Crippen LogP) is 4.30. The highest BCUT2D eigenvalue weighted by atomic mass is 19.1. The third-order valence-electron chi connectivity index (χ3n) is 4.80. The zero-order chi connectivity index (χ0) is 14.8. The number of aryl methyl sites for hydroxylation is 1. The molecule has 110 valence electrons. The lowest BCUT2D eigenvalue weighted by Crippen LogP contribution is -2.34. The highest BCUT2D eigenvalue weighted by molar-refractivity contribution is 5.39. The van der Waals surface area contributed by atoms with E-state index < -0.39 is 0 Å². The van der Waals surface area contributed by atoms with Crippen molar-refractivity contribution in [3.63, 3.8) is 0 Å². The molecule has 1 heterocycles. The smallest absolute Gasteiger partial charge is 0.123 e. The number of halogens is 1. The van der Waals surface area contributed by atoms with Crippen molar-refractivity contribution >= 4 is 0 Å². The van der Waals surface area contributed by atoms with Gasteiger partial charge in [-0.3, -0.25) is 0 Å². The minimum atomic E-state index is -0.141. The summed E-state index contributed by atoms with van der Waals surface area (Å²) in [6.45, 7) is 6.32. The molecule has 0 amide bonds. The van der Waals surface area contributed by atoms with Gasteiger partial charge in [-0.1, -0.05) is 30.3 Å². The van der Waals surface area contributed by atoms with E-state index in [9.17, 15) is 4.39 Å². The fraction of sp³-hybridized carbons (Fsp3) is 0.368. The van der Waals surface area contributed by atoms with Gasteiger partial charge in [-0.15, -0.1) is 0 Å². The van der Waals surface area contributed by atoms with Crippen LogP contribution in [-0.2, 0) is 0 Å². The Hall–Kier alpha value is -1.67. The van der Waals surface area contributed by atoms with Crippen LogP contribution >= 0.6 is 0 Å². The molecule has 0 radical (unpaired) electrons. The van der Waals surface area contributed by atoms with Crippen LogP contribution in [0.2, 0.25) is 0 Å². The minimum Gasteiger partial charge on any atom is -0.316 e. The van der Waals surface area contributed by atoms with Crippen LogP contribution in [0.25, 0.3) is 0 Å². The third-order valence-corrected chi connectivity index (χ3v) is 4.80. The average Bonchev–Trinajstić information content (AvgIpc) is 2.50. The average molecular weight is 283 g/mol. The molecule has 1 saturated heterocycles. The van der Waals surface area contributed by atoms with Gasteiger partial charge in [0.25, 0.3) is 0 Å². The Morgan fingerprint density at radius 3 is 2.67 bits per heavy atom. The van der Waals surface area contributed by atoms with Gasteiger partial charge in [0.15, 0.2) is 0 Å². The van der Waals surface area contributed by atoms with E-state index in [0.717, 1.165) is 25.1 Å². The first kappa shape index (κ1) is 14.3. The second-order valence-electron chi connectivity index (χ2n) is 6.05. The molecule has 1 aliphatic rings. The van der Waals surface area contributed by atoms with Crippen LogP contribution in [0.1, 0.15) is 40.5 Å². The molecular weight excluding hydrogens is 261 g/mol. The summed E-state index contributed by atoms with van der Waals surface area (Å²) in [5.74, 6) is 0.667. The van der Waals surface area contributed by atoms with Crippen molar-refractivity contribution in [2.75, 3.05) is 13.1 Å². The van der Waals surface area contributed by atoms with Gasteiger partial charge in [0.1, 0.15) is 5.82 Å². The molecule has 2 atom stereocenters. The van der Waals surface area contributed by atoms with Crippen LogP contribution < -0.4 is 5.32 Å². The monoisotopic (exact) mass is 283 g/mol. The Kier molecular flexibility index (Phi) is 4.07. The lowest BCUT2D eigenvalue weighted by molar-refractivity contribution is 0.402. The van der Waals surface area contributed by atoms with E-state index >= 15 is 0 Å². The van der Waals surface area contributed by atoms with Gasteiger partial charge >= 0.3 is 0 Å². The van der Waals surface area contributed by atoms with E-state index in [0.29, 0.717) is 11.8 Å². The molecule has 3 rings (SSSR count). The van der Waals surface area contributed by atoms with Crippen molar-refractivity contribution in [2.45, 2.75) is 32.1 Å². The molecule has 1 nitrogen and oxygen atoms in total. The van der Waals surface area contributed by atoms with Gasteiger partial charge in [0.05, 0.1) is 0 Å². The Balaban J connectivity index is 2.00.